The van der Waals surface area contributed by atoms with E-state index in [1.54, 1.807) is 0 Å². The standard InChI is InChI=1S/C9H15N5O/c1-5-9(15)10-4-7(11-5)8-13-12-6(2)14(8)3/h5,7,11H,4H2,1-3H3,(H,10,15). The van der Waals surface area contributed by atoms with Gasteiger partial charge in [0.2, 0.25) is 5.91 Å². The fourth-order valence-electron chi connectivity index (χ4n) is 1.68. The van der Waals surface area contributed by atoms with Crippen molar-refractivity contribution in [2.75, 3.05) is 6.54 Å². The zero-order valence-corrected chi connectivity index (χ0v) is 9.11. The van der Waals surface area contributed by atoms with Crippen LogP contribution in [0.1, 0.15) is 24.6 Å². The number of hydrogen-bond donors (Lipinski definition) is 2. The van der Waals surface area contributed by atoms with E-state index in [1.165, 1.54) is 0 Å². The van der Waals surface area contributed by atoms with E-state index >= 15 is 0 Å². The summed E-state index contributed by atoms with van der Waals surface area (Å²) in [6, 6.07) is -0.135. The minimum Gasteiger partial charge on any atom is -0.353 e. The Labute approximate surface area is 88.1 Å². The average molecular weight is 209 g/mol. The van der Waals surface area contributed by atoms with E-state index in [-0.39, 0.29) is 18.0 Å². The van der Waals surface area contributed by atoms with Crippen molar-refractivity contribution in [2.24, 2.45) is 7.05 Å². The van der Waals surface area contributed by atoms with Crippen LogP contribution in [0.4, 0.5) is 0 Å². The van der Waals surface area contributed by atoms with Crippen LogP contribution in [0.2, 0.25) is 0 Å². The van der Waals surface area contributed by atoms with Crippen molar-refractivity contribution in [1.82, 2.24) is 25.4 Å². The quantitative estimate of drug-likeness (QED) is 0.640. The monoisotopic (exact) mass is 209 g/mol. The molecule has 6 nitrogen and oxygen atoms in total. The number of nitrogens with one attached hydrogen (secondary N) is 2. The molecule has 0 radical (unpaired) electrons. The maximum absolute atomic E-state index is 11.2. The van der Waals surface area contributed by atoms with Crippen LogP contribution in [0.25, 0.3) is 0 Å². The van der Waals surface area contributed by atoms with Gasteiger partial charge in [0.25, 0.3) is 0 Å². The predicted molar refractivity (Wildman–Crippen MR) is 54.1 cm³/mol. The second-order valence-electron chi connectivity index (χ2n) is 3.85. The maximum Gasteiger partial charge on any atom is 0.236 e. The summed E-state index contributed by atoms with van der Waals surface area (Å²) in [4.78, 5) is 11.2. The average Bonchev–Trinajstić information content (AvgIpc) is 2.53. The molecule has 1 aliphatic heterocycles. The molecule has 1 amide bonds. The smallest absolute Gasteiger partial charge is 0.236 e. The van der Waals surface area contributed by atoms with E-state index in [1.807, 2.05) is 25.5 Å². The van der Waals surface area contributed by atoms with Gasteiger partial charge < -0.3 is 9.88 Å². The number of rotatable bonds is 1. The van der Waals surface area contributed by atoms with Crippen LogP contribution >= 0.6 is 0 Å². The first kappa shape index (κ1) is 10.1. The van der Waals surface area contributed by atoms with Gasteiger partial charge in [0.1, 0.15) is 5.82 Å². The molecule has 2 atom stereocenters. The summed E-state index contributed by atoms with van der Waals surface area (Å²) >= 11 is 0. The highest BCUT2D eigenvalue weighted by Gasteiger charge is 2.28. The zero-order chi connectivity index (χ0) is 11.0. The van der Waals surface area contributed by atoms with Gasteiger partial charge in [-0.3, -0.25) is 10.1 Å². The summed E-state index contributed by atoms with van der Waals surface area (Å²) in [7, 11) is 1.92. The lowest BCUT2D eigenvalue weighted by Gasteiger charge is -2.28. The van der Waals surface area contributed by atoms with Crippen molar-refractivity contribution in [3.05, 3.63) is 11.6 Å². The summed E-state index contributed by atoms with van der Waals surface area (Å²) in [6.45, 7) is 4.31. The molecule has 2 unspecified atom stereocenters. The van der Waals surface area contributed by atoms with Gasteiger partial charge in [-0.25, -0.2) is 0 Å². The molecule has 15 heavy (non-hydrogen) atoms. The topological polar surface area (TPSA) is 71.8 Å². The summed E-state index contributed by atoms with van der Waals surface area (Å²) in [5.41, 5.74) is 0. The van der Waals surface area contributed by atoms with Crippen LogP contribution in [-0.4, -0.2) is 33.3 Å². The number of nitrogens with zero attached hydrogens (tertiary/aromatic N) is 3. The van der Waals surface area contributed by atoms with Crippen molar-refractivity contribution in [2.45, 2.75) is 25.9 Å². The number of carbonyl (C=O) groups is 1. The maximum atomic E-state index is 11.2. The minimum atomic E-state index is -0.180. The van der Waals surface area contributed by atoms with E-state index in [2.05, 4.69) is 20.8 Å². The Bertz CT molecular complexity index is 386. The van der Waals surface area contributed by atoms with E-state index in [9.17, 15) is 4.79 Å². The minimum absolute atomic E-state index is 0.0325. The number of aryl methyl sites for hydroxylation is 1. The Morgan fingerprint density at radius 3 is 2.73 bits per heavy atom. The van der Waals surface area contributed by atoms with Crippen LogP contribution in [0.3, 0.4) is 0 Å². The fraction of sp³-hybridized carbons (Fsp3) is 0.667. The molecule has 1 aromatic heterocycles. The van der Waals surface area contributed by atoms with Crippen LogP contribution in [0, 0.1) is 6.92 Å². The molecule has 1 aromatic rings. The summed E-state index contributed by atoms with van der Waals surface area (Å²) in [6.07, 6.45) is 0. The van der Waals surface area contributed by atoms with Crippen molar-refractivity contribution in [1.29, 1.82) is 0 Å². The zero-order valence-electron chi connectivity index (χ0n) is 9.11. The molecule has 6 heteroatoms. The van der Waals surface area contributed by atoms with E-state index in [0.717, 1.165) is 11.6 Å². The lowest BCUT2D eigenvalue weighted by molar-refractivity contribution is -0.124. The number of amides is 1. The fourth-order valence-corrected chi connectivity index (χ4v) is 1.68. The van der Waals surface area contributed by atoms with Gasteiger partial charge in [-0.2, -0.15) is 0 Å². The first-order valence-corrected chi connectivity index (χ1v) is 4.99. The van der Waals surface area contributed by atoms with E-state index < -0.39 is 0 Å². The molecule has 2 heterocycles. The van der Waals surface area contributed by atoms with Crippen LogP contribution in [0.15, 0.2) is 0 Å². The number of piperazine rings is 1. The predicted octanol–water partition coefficient (Wildman–Crippen LogP) is -0.727. The number of aromatic nitrogens is 3. The third-order valence-corrected chi connectivity index (χ3v) is 2.76. The first-order chi connectivity index (χ1) is 7.09. The Hall–Kier alpha value is -1.43. The van der Waals surface area contributed by atoms with Crippen molar-refractivity contribution in [3.63, 3.8) is 0 Å². The third kappa shape index (κ3) is 1.72. The first-order valence-electron chi connectivity index (χ1n) is 4.99. The highest BCUT2D eigenvalue weighted by atomic mass is 16.2. The van der Waals surface area contributed by atoms with Crippen LogP contribution < -0.4 is 10.6 Å². The van der Waals surface area contributed by atoms with Gasteiger partial charge in [0.05, 0.1) is 12.1 Å². The lowest BCUT2D eigenvalue weighted by atomic mass is 10.1. The Morgan fingerprint density at radius 2 is 2.20 bits per heavy atom. The third-order valence-electron chi connectivity index (χ3n) is 2.76. The van der Waals surface area contributed by atoms with Gasteiger partial charge in [0, 0.05) is 13.6 Å². The van der Waals surface area contributed by atoms with Gasteiger partial charge in [-0.15, -0.1) is 10.2 Å². The van der Waals surface area contributed by atoms with Gasteiger partial charge in [0.15, 0.2) is 5.82 Å². The molecule has 2 rings (SSSR count). The Kier molecular flexibility index (Phi) is 2.44. The lowest BCUT2D eigenvalue weighted by Crippen LogP contribution is -2.53. The molecule has 0 aliphatic carbocycles. The van der Waals surface area contributed by atoms with Crippen molar-refractivity contribution in [3.8, 4) is 0 Å². The van der Waals surface area contributed by atoms with Crippen LogP contribution in [-0.2, 0) is 11.8 Å². The molecule has 0 bridgehead atoms. The summed E-state index contributed by atoms with van der Waals surface area (Å²) in [5, 5.41) is 14.1. The van der Waals surface area contributed by atoms with E-state index in [4.69, 9.17) is 0 Å². The highest BCUT2D eigenvalue weighted by Crippen LogP contribution is 2.13. The molecule has 1 saturated heterocycles. The van der Waals surface area contributed by atoms with Crippen LogP contribution in [0.5, 0.6) is 0 Å². The van der Waals surface area contributed by atoms with Gasteiger partial charge >= 0.3 is 0 Å². The Balaban J connectivity index is 2.19. The highest BCUT2D eigenvalue weighted by molar-refractivity contribution is 5.82. The van der Waals surface area contributed by atoms with Crippen molar-refractivity contribution < 1.29 is 4.79 Å². The normalized spacial score (nSPS) is 26.5. The molecule has 0 saturated carbocycles. The van der Waals surface area contributed by atoms with Gasteiger partial charge in [-0.1, -0.05) is 0 Å². The molecule has 1 aliphatic rings. The largest absolute Gasteiger partial charge is 0.353 e. The Morgan fingerprint density at radius 1 is 1.47 bits per heavy atom. The van der Waals surface area contributed by atoms with E-state index in [0.29, 0.717) is 6.54 Å². The number of carbonyl (C=O) groups excluding carboxylic acids is 1. The molecule has 2 N–H and O–H groups in total. The number of hydrogen-bond acceptors (Lipinski definition) is 4. The molecular formula is C9H15N5O. The summed E-state index contributed by atoms with van der Waals surface area (Å²) in [5.74, 6) is 1.76. The SMILES string of the molecule is Cc1nnc(C2CNC(=O)C(C)N2)n1C. The molecule has 0 aromatic carbocycles. The second-order valence-corrected chi connectivity index (χ2v) is 3.85. The second kappa shape index (κ2) is 3.62. The van der Waals surface area contributed by atoms with Crippen molar-refractivity contribution >= 4 is 5.91 Å². The molecule has 0 spiro atoms. The molecule has 82 valence electrons. The summed E-state index contributed by atoms with van der Waals surface area (Å²) < 4.78 is 1.93. The molecular weight excluding hydrogens is 194 g/mol. The van der Waals surface area contributed by atoms with Gasteiger partial charge in [-0.05, 0) is 13.8 Å². The molecule has 1 fully saturated rings.